The average Bonchev–Trinajstić information content (AvgIpc) is 2.23. The zero-order chi connectivity index (χ0) is 13.8. The quantitative estimate of drug-likeness (QED) is 0.769. The van der Waals surface area contributed by atoms with Gasteiger partial charge in [0, 0.05) is 0 Å². The van der Waals surface area contributed by atoms with Crippen LogP contribution in [0.25, 0.3) is 0 Å². The molecule has 0 unspecified atom stereocenters. The molecule has 0 amide bonds. The Labute approximate surface area is 110 Å². The summed E-state index contributed by atoms with van der Waals surface area (Å²) in [5, 5.41) is 0. The van der Waals surface area contributed by atoms with E-state index in [-0.39, 0.29) is 4.90 Å². The number of unbranched alkanes of at least 4 members (excludes halogenated alkanes) is 1. The van der Waals surface area contributed by atoms with Gasteiger partial charge in [-0.2, -0.15) is 8.42 Å². The van der Waals surface area contributed by atoms with Gasteiger partial charge in [0.05, 0.1) is 10.5 Å². The smallest absolute Gasteiger partial charge is 0.261 e. The Bertz CT molecular complexity index is 484. The van der Waals surface area contributed by atoms with Crippen LogP contribution in [-0.2, 0) is 20.7 Å². The predicted octanol–water partition coefficient (Wildman–Crippen LogP) is 3.53. The van der Waals surface area contributed by atoms with Gasteiger partial charge in [0.15, 0.2) is 0 Å². The Balaban J connectivity index is 2.95. The van der Waals surface area contributed by atoms with Crippen LogP contribution in [0, 0.1) is 0 Å². The number of aryl methyl sites for hydroxylation is 1. The standard InChI is InChI=1S/C14H22O3S/c1-5-6-8-12-9-7-10-13(11-12)18(15,16)17-14(2,3)4/h7,9-11H,5-6,8H2,1-4H3. The first-order valence-electron chi connectivity index (χ1n) is 6.29. The topological polar surface area (TPSA) is 43.4 Å². The first-order valence-corrected chi connectivity index (χ1v) is 7.70. The molecule has 102 valence electrons. The van der Waals surface area contributed by atoms with Crippen LogP contribution in [0.5, 0.6) is 0 Å². The van der Waals surface area contributed by atoms with E-state index in [1.54, 1.807) is 39.0 Å². The van der Waals surface area contributed by atoms with E-state index in [1.165, 1.54) is 0 Å². The van der Waals surface area contributed by atoms with Gasteiger partial charge < -0.3 is 0 Å². The Hall–Kier alpha value is -0.870. The second-order valence-corrected chi connectivity index (χ2v) is 6.95. The van der Waals surface area contributed by atoms with Crippen molar-refractivity contribution in [2.24, 2.45) is 0 Å². The minimum atomic E-state index is -3.67. The molecule has 3 nitrogen and oxygen atoms in total. The van der Waals surface area contributed by atoms with Crippen molar-refractivity contribution < 1.29 is 12.6 Å². The summed E-state index contributed by atoms with van der Waals surface area (Å²) in [6.07, 6.45) is 3.05. The van der Waals surface area contributed by atoms with Gasteiger partial charge in [0.1, 0.15) is 0 Å². The van der Waals surface area contributed by atoms with Crippen LogP contribution in [-0.4, -0.2) is 14.0 Å². The van der Waals surface area contributed by atoms with Crippen molar-refractivity contribution in [1.29, 1.82) is 0 Å². The fourth-order valence-corrected chi connectivity index (χ4v) is 2.91. The third-order valence-electron chi connectivity index (χ3n) is 2.37. The Morgan fingerprint density at radius 2 is 1.89 bits per heavy atom. The zero-order valence-corrected chi connectivity index (χ0v) is 12.4. The summed E-state index contributed by atoms with van der Waals surface area (Å²) in [6, 6.07) is 7.00. The van der Waals surface area contributed by atoms with Crippen molar-refractivity contribution in [2.45, 2.75) is 57.5 Å². The van der Waals surface area contributed by atoms with Crippen molar-refractivity contribution in [1.82, 2.24) is 0 Å². The highest BCUT2D eigenvalue weighted by atomic mass is 32.2. The van der Waals surface area contributed by atoms with Crippen molar-refractivity contribution in [3.63, 3.8) is 0 Å². The fourth-order valence-electron chi connectivity index (χ4n) is 1.61. The number of benzene rings is 1. The molecule has 0 aliphatic rings. The molecule has 1 aromatic carbocycles. The van der Waals surface area contributed by atoms with E-state index in [2.05, 4.69) is 6.92 Å². The highest BCUT2D eigenvalue weighted by molar-refractivity contribution is 7.86. The van der Waals surface area contributed by atoms with E-state index in [9.17, 15) is 8.42 Å². The van der Waals surface area contributed by atoms with Crippen LogP contribution in [0.15, 0.2) is 29.2 Å². The van der Waals surface area contributed by atoms with E-state index in [4.69, 9.17) is 4.18 Å². The summed E-state index contributed by atoms with van der Waals surface area (Å²) >= 11 is 0. The molecule has 0 spiro atoms. The maximum atomic E-state index is 12.1. The summed E-state index contributed by atoms with van der Waals surface area (Å²) < 4.78 is 29.2. The highest BCUT2D eigenvalue weighted by Gasteiger charge is 2.23. The molecule has 0 aromatic heterocycles. The van der Waals surface area contributed by atoms with Crippen LogP contribution in [0.1, 0.15) is 46.1 Å². The van der Waals surface area contributed by atoms with E-state index in [0.29, 0.717) is 0 Å². The SMILES string of the molecule is CCCCc1cccc(S(=O)(=O)OC(C)(C)C)c1. The van der Waals surface area contributed by atoms with Crippen molar-refractivity contribution in [3.05, 3.63) is 29.8 Å². The molecule has 0 saturated heterocycles. The molecule has 0 N–H and O–H groups in total. The molecule has 0 bridgehead atoms. The van der Waals surface area contributed by atoms with Gasteiger partial charge in [0.2, 0.25) is 0 Å². The largest absolute Gasteiger partial charge is 0.297 e. The van der Waals surface area contributed by atoms with Gasteiger partial charge in [-0.1, -0.05) is 25.5 Å². The molecule has 0 heterocycles. The first kappa shape index (κ1) is 15.2. The molecule has 0 aliphatic heterocycles. The lowest BCUT2D eigenvalue weighted by Crippen LogP contribution is -2.24. The summed E-state index contributed by atoms with van der Waals surface area (Å²) in [6.45, 7) is 7.30. The fraction of sp³-hybridized carbons (Fsp3) is 0.571. The van der Waals surface area contributed by atoms with Crippen LogP contribution >= 0.6 is 0 Å². The van der Waals surface area contributed by atoms with Gasteiger partial charge in [-0.3, -0.25) is 4.18 Å². The maximum absolute atomic E-state index is 12.1. The van der Waals surface area contributed by atoms with E-state index in [1.807, 2.05) is 6.07 Å². The molecule has 1 rings (SSSR count). The Kier molecular flexibility index (Phi) is 4.93. The molecule has 0 radical (unpaired) electrons. The number of hydrogen-bond donors (Lipinski definition) is 0. The van der Waals surface area contributed by atoms with Gasteiger partial charge in [0.25, 0.3) is 10.1 Å². The lowest BCUT2D eigenvalue weighted by atomic mass is 10.1. The van der Waals surface area contributed by atoms with Crippen LogP contribution in [0.3, 0.4) is 0 Å². The normalized spacial score (nSPS) is 12.7. The van der Waals surface area contributed by atoms with E-state index < -0.39 is 15.7 Å². The average molecular weight is 270 g/mol. The first-order chi connectivity index (χ1) is 8.24. The minimum Gasteiger partial charge on any atom is -0.261 e. The summed E-state index contributed by atoms with van der Waals surface area (Å²) in [5.41, 5.74) is 0.327. The monoisotopic (exact) mass is 270 g/mol. The van der Waals surface area contributed by atoms with Gasteiger partial charge in [-0.25, -0.2) is 0 Å². The molecule has 0 aliphatic carbocycles. The van der Waals surface area contributed by atoms with E-state index in [0.717, 1.165) is 24.8 Å². The predicted molar refractivity (Wildman–Crippen MR) is 73.1 cm³/mol. The highest BCUT2D eigenvalue weighted by Crippen LogP contribution is 2.21. The van der Waals surface area contributed by atoms with Crippen molar-refractivity contribution in [2.75, 3.05) is 0 Å². The minimum absolute atomic E-state index is 0.242. The molecular formula is C14H22O3S. The Morgan fingerprint density at radius 1 is 1.22 bits per heavy atom. The van der Waals surface area contributed by atoms with Gasteiger partial charge in [-0.05, 0) is 51.3 Å². The lowest BCUT2D eigenvalue weighted by molar-refractivity contribution is 0.139. The van der Waals surface area contributed by atoms with Crippen LogP contribution < -0.4 is 0 Å². The van der Waals surface area contributed by atoms with Crippen molar-refractivity contribution in [3.8, 4) is 0 Å². The molecule has 0 fully saturated rings. The Morgan fingerprint density at radius 3 is 2.44 bits per heavy atom. The molecule has 18 heavy (non-hydrogen) atoms. The summed E-state index contributed by atoms with van der Waals surface area (Å²) in [5.74, 6) is 0. The third kappa shape index (κ3) is 4.78. The molecule has 4 heteroatoms. The molecular weight excluding hydrogens is 248 g/mol. The van der Waals surface area contributed by atoms with E-state index >= 15 is 0 Å². The van der Waals surface area contributed by atoms with Gasteiger partial charge in [-0.15, -0.1) is 0 Å². The zero-order valence-electron chi connectivity index (χ0n) is 11.6. The molecule has 1 aromatic rings. The van der Waals surface area contributed by atoms with Crippen molar-refractivity contribution >= 4 is 10.1 Å². The second-order valence-electron chi connectivity index (χ2n) is 5.40. The number of hydrogen-bond acceptors (Lipinski definition) is 3. The van der Waals surface area contributed by atoms with Crippen LogP contribution in [0.2, 0.25) is 0 Å². The van der Waals surface area contributed by atoms with Crippen LogP contribution in [0.4, 0.5) is 0 Å². The molecule has 0 saturated carbocycles. The molecule has 0 atom stereocenters. The lowest BCUT2D eigenvalue weighted by Gasteiger charge is -2.19. The number of rotatable bonds is 5. The third-order valence-corrected chi connectivity index (χ3v) is 3.92. The summed E-state index contributed by atoms with van der Waals surface area (Å²) in [4.78, 5) is 0.242. The second kappa shape index (κ2) is 5.85. The summed E-state index contributed by atoms with van der Waals surface area (Å²) in [7, 11) is -3.67. The maximum Gasteiger partial charge on any atom is 0.297 e. The van der Waals surface area contributed by atoms with Gasteiger partial charge >= 0.3 is 0 Å².